The van der Waals surface area contributed by atoms with Gasteiger partial charge in [-0.15, -0.1) is 0 Å². The number of methoxy groups -OCH3 is 1. The first-order chi connectivity index (χ1) is 15.0. The lowest BCUT2D eigenvalue weighted by molar-refractivity contribution is -0.146. The zero-order valence-corrected chi connectivity index (χ0v) is 19.0. The predicted molar refractivity (Wildman–Crippen MR) is 125 cm³/mol. The summed E-state index contributed by atoms with van der Waals surface area (Å²) in [5.41, 5.74) is 1.44. The minimum atomic E-state index is -1.15. The number of aliphatic imine (C=N–C) groups is 1. The molecule has 0 saturated heterocycles. The third kappa shape index (κ3) is 5.23. The van der Waals surface area contributed by atoms with E-state index in [1.165, 1.54) is 7.11 Å². The van der Waals surface area contributed by atoms with Crippen LogP contribution in [-0.4, -0.2) is 28.8 Å². The van der Waals surface area contributed by atoms with E-state index in [1.54, 1.807) is 19.3 Å². The summed E-state index contributed by atoms with van der Waals surface area (Å²) in [6.07, 6.45) is 6.50. The summed E-state index contributed by atoms with van der Waals surface area (Å²) >= 11 is 6.41. The van der Waals surface area contributed by atoms with Gasteiger partial charge in [0.1, 0.15) is 5.82 Å². The number of benzene rings is 2. The van der Waals surface area contributed by atoms with Crippen LogP contribution in [0.5, 0.6) is 0 Å². The number of aryl methyl sites for hydroxylation is 1. The van der Waals surface area contributed by atoms with E-state index < -0.39 is 11.5 Å². The average Bonchev–Trinajstić information content (AvgIpc) is 3.18. The Bertz CT molecular complexity index is 1050. The van der Waals surface area contributed by atoms with Crippen LogP contribution in [0, 0.1) is 0 Å². The van der Waals surface area contributed by atoms with Gasteiger partial charge in [0, 0.05) is 17.7 Å². The lowest BCUT2D eigenvalue weighted by atomic mass is 9.93. The van der Waals surface area contributed by atoms with Crippen molar-refractivity contribution >= 4 is 23.8 Å². The first kappa shape index (κ1) is 22.8. The molecule has 2 aromatic carbocycles. The molecule has 0 saturated carbocycles. The minimum absolute atomic E-state index is 0.418. The fraction of sp³-hybridized carbons (Fsp3) is 0.320. The van der Waals surface area contributed by atoms with Gasteiger partial charge in [0.05, 0.1) is 25.5 Å². The van der Waals surface area contributed by atoms with E-state index in [4.69, 9.17) is 21.3 Å². The summed E-state index contributed by atoms with van der Waals surface area (Å²) in [5.74, 6) is 0.557. The zero-order chi connectivity index (χ0) is 22.3. The number of imidazole rings is 1. The summed E-state index contributed by atoms with van der Waals surface area (Å²) in [5, 5.41) is 0.712. The van der Waals surface area contributed by atoms with Crippen molar-refractivity contribution in [1.82, 2.24) is 9.55 Å². The van der Waals surface area contributed by atoms with Gasteiger partial charge in [-0.2, -0.15) is 0 Å². The fourth-order valence-corrected chi connectivity index (χ4v) is 3.64. The van der Waals surface area contributed by atoms with Gasteiger partial charge in [-0.05, 0) is 30.5 Å². The molecule has 0 radical (unpaired) electrons. The number of aromatic nitrogens is 2. The Hall–Kier alpha value is -2.92. The van der Waals surface area contributed by atoms with Gasteiger partial charge in [0.15, 0.2) is 5.54 Å². The number of ether oxygens (including phenoxy) is 1. The topological polar surface area (TPSA) is 56.5 Å². The van der Waals surface area contributed by atoms with Crippen LogP contribution in [-0.2, 0) is 28.0 Å². The number of carbonyl (C=O) groups excluding carboxylic acids is 1. The Morgan fingerprint density at radius 1 is 1.19 bits per heavy atom. The SMILES string of the molecule is CCCCc1ncc(C=N[C@@](C)(C(=O)OC)c2ccccc2)n1Cc1ccccc1Cl. The van der Waals surface area contributed by atoms with E-state index in [9.17, 15) is 4.79 Å². The number of rotatable bonds is 9. The Balaban J connectivity index is 2.01. The van der Waals surface area contributed by atoms with E-state index >= 15 is 0 Å². The van der Waals surface area contributed by atoms with Gasteiger partial charge >= 0.3 is 5.97 Å². The molecule has 0 aliphatic carbocycles. The van der Waals surface area contributed by atoms with Crippen molar-refractivity contribution in [3.8, 4) is 0 Å². The first-order valence-electron chi connectivity index (χ1n) is 10.5. The van der Waals surface area contributed by atoms with Gasteiger partial charge in [0.25, 0.3) is 0 Å². The first-order valence-corrected chi connectivity index (χ1v) is 10.8. The molecule has 5 nitrogen and oxygen atoms in total. The molecule has 0 unspecified atom stereocenters. The van der Waals surface area contributed by atoms with E-state index in [1.807, 2.05) is 54.6 Å². The number of unbranched alkanes of at least 4 members (excludes halogenated alkanes) is 1. The van der Waals surface area contributed by atoms with E-state index in [0.717, 1.165) is 41.9 Å². The highest BCUT2D eigenvalue weighted by Crippen LogP contribution is 2.27. The molecule has 6 heteroatoms. The molecule has 3 aromatic rings. The second-order valence-corrected chi connectivity index (χ2v) is 7.98. The molecule has 0 amide bonds. The van der Waals surface area contributed by atoms with Gasteiger partial charge in [0.2, 0.25) is 0 Å². The number of esters is 1. The second kappa shape index (κ2) is 10.4. The van der Waals surface area contributed by atoms with Crippen molar-refractivity contribution in [1.29, 1.82) is 0 Å². The number of halogens is 1. The monoisotopic (exact) mass is 437 g/mol. The maximum absolute atomic E-state index is 12.6. The summed E-state index contributed by atoms with van der Waals surface area (Å²) < 4.78 is 7.18. The lowest BCUT2D eigenvalue weighted by Crippen LogP contribution is -2.32. The summed E-state index contributed by atoms with van der Waals surface area (Å²) in [7, 11) is 1.38. The van der Waals surface area contributed by atoms with Crippen LogP contribution in [0.3, 0.4) is 0 Å². The molecule has 0 bridgehead atoms. The number of nitrogens with zero attached hydrogens (tertiary/aromatic N) is 3. The van der Waals surface area contributed by atoms with Gasteiger partial charge in [-0.1, -0.05) is 73.5 Å². The highest BCUT2D eigenvalue weighted by atomic mass is 35.5. The molecule has 31 heavy (non-hydrogen) atoms. The van der Waals surface area contributed by atoms with Crippen LogP contribution in [0.4, 0.5) is 0 Å². The molecule has 1 heterocycles. The quantitative estimate of drug-likeness (QED) is 0.331. The lowest BCUT2D eigenvalue weighted by Gasteiger charge is -2.22. The maximum Gasteiger partial charge on any atom is 0.338 e. The average molecular weight is 438 g/mol. The zero-order valence-electron chi connectivity index (χ0n) is 18.2. The third-order valence-corrected chi connectivity index (χ3v) is 5.75. The van der Waals surface area contributed by atoms with Crippen molar-refractivity contribution in [2.24, 2.45) is 4.99 Å². The molecule has 0 fully saturated rings. The molecule has 162 valence electrons. The van der Waals surface area contributed by atoms with Crippen molar-refractivity contribution in [2.45, 2.75) is 45.2 Å². The Kier molecular flexibility index (Phi) is 7.64. The van der Waals surface area contributed by atoms with Crippen LogP contribution in [0.25, 0.3) is 0 Å². The van der Waals surface area contributed by atoms with E-state index in [-0.39, 0.29) is 0 Å². The van der Waals surface area contributed by atoms with Crippen LogP contribution in [0.1, 0.15) is 49.3 Å². The Morgan fingerprint density at radius 2 is 1.90 bits per heavy atom. The molecule has 0 aliphatic rings. The van der Waals surface area contributed by atoms with Crippen LogP contribution < -0.4 is 0 Å². The number of hydrogen-bond donors (Lipinski definition) is 0. The van der Waals surface area contributed by atoms with Crippen molar-refractivity contribution in [3.63, 3.8) is 0 Å². The normalized spacial score (nSPS) is 13.3. The second-order valence-electron chi connectivity index (χ2n) is 7.57. The fourth-order valence-electron chi connectivity index (χ4n) is 3.45. The molecule has 3 rings (SSSR count). The minimum Gasteiger partial charge on any atom is -0.467 e. The Morgan fingerprint density at radius 3 is 2.58 bits per heavy atom. The molecule has 0 spiro atoms. The third-order valence-electron chi connectivity index (χ3n) is 5.38. The van der Waals surface area contributed by atoms with E-state index in [0.29, 0.717) is 11.6 Å². The highest BCUT2D eigenvalue weighted by Gasteiger charge is 2.35. The van der Waals surface area contributed by atoms with Crippen LogP contribution in [0.2, 0.25) is 5.02 Å². The van der Waals surface area contributed by atoms with Crippen LogP contribution >= 0.6 is 11.6 Å². The highest BCUT2D eigenvalue weighted by molar-refractivity contribution is 6.31. The van der Waals surface area contributed by atoms with E-state index in [2.05, 4.69) is 16.5 Å². The molecule has 1 atom stereocenters. The maximum atomic E-state index is 12.6. The summed E-state index contributed by atoms with van der Waals surface area (Å²) in [4.78, 5) is 22.0. The van der Waals surface area contributed by atoms with Crippen LogP contribution in [0.15, 0.2) is 65.8 Å². The number of hydrogen-bond acceptors (Lipinski definition) is 4. The molecule has 1 aromatic heterocycles. The predicted octanol–water partition coefficient (Wildman–Crippen LogP) is 5.43. The van der Waals surface area contributed by atoms with Crippen molar-refractivity contribution < 1.29 is 9.53 Å². The smallest absolute Gasteiger partial charge is 0.338 e. The van der Waals surface area contributed by atoms with Crippen molar-refractivity contribution in [3.05, 3.63) is 88.5 Å². The molecule has 0 aliphatic heterocycles. The number of carbonyl (C=O) groups is 1. The molecular formula is C25H28ClN3O2. The molecule has 0 N–H and O–H groups in total. The summed E-state index contributed by atoms with van der Waals surface area (Å²) in [6, 6.07) is 17.2. The largest absolute Gasteiger partial charge is 0.467 e. The van der Waals surface area contributed by atoms with Gasteiger partial charge in [-0.25, -0.2) is 9.78 Å². The standard InChI is InChI=1S/C25H28ClN3O2/c1-4-5-15-23-27-16-21(29(23)18-19-11-9-10-14-22(19)26)17-28-25(2,24(30)31-3)20-12-7-6-8-13-20/h6-14,16-17H,4-5,15,18H2,1-3H3/t25-/m1/s1. The Labute approximate surface area is 188 Å². The van der Waals surface area contributed by atoms with Gasteiger partial charge < -0.3 is 9.30 Å². The summed E-state index contributed by atoms with van der Waals surface area (Å²) in [6.45, 7) is 4.50. The van der Waals surface area contributed by atoms with Crippen molar-refractivity contribution in [2.75, 3.05) is 7.11 Å². The van der Waals surface area contributed by atoms with Gasteiger partial charge in [-0.3, -0.25) is 4.99 Å². The molecular weight excluding hydrogens is 410 g/mol.